The van der Waals surface area contributed by atoms with Crippen molar-refractivity contribution in [1.29, 1.82) is 5.26 Å². The van der Waals surface area contributed by atoms with E-state index in [2.05, 4.69) is 25.4 Å². The van der Waals surface area contributed by atoms with Gasteiger partial charge >= 0.3 is 0 Å². The largest absolute Gasteiger partial charge is 0.507 e. The van der Waals surface area contributed by atoms with Gasteiger partial charge in [-0.1, -0.05) is 0 Å². The van der Waals surface area contributed by atoms with Gasteiger partial charge in [0, 0.05) is 61.4 Å². The molecule has 1 aliphatic heterocycles. The second-order valence-electron chi connectivity index (χ2n) is 8.06. The average molecular weight is 425 g/mol. The number of rotatable bonds is 4. The van der Waals surface area contributed by atoms with Crippen LogP contribution in [0.3, 0.4) is 0 Å². The Morgan fingerprint density at radius 2 is 2.00 bits per heavy atom. The minimum atomic E-state index is 0.0180. The fraction of sp³-hybridized carbons (Fsp3) is 0.250. The maximum Gasteiger partial charge on any atom is 0.173 e. The molecule has 0 saturated carbocycles. The molecule has 1 fully saturated rings. The lowest BCUT2D eigenvalue weighted by molar-refractivity contribution is 0.477. The second-order valence-corrected chi connectivity index (χ2v) is 8.06. The zero-order valence-electron chi connectivity index (χ0n) is 17.7. The lowest BCUT2D eigenvalue weighted by Gasteiger charge is -2.35. The smallest absolute Gasteiger partial charge is 0.173 e. The summed E-state index contributed by atoms with van der Waals surface area (Å²) in [5, 5.41) is 33.0. The first-order chi connectivity index (χ1) is 15.6. The van der Waals surface area contributed by atoms with Crippen LogP contribution in [0.1, 0.15) is 18.4 Å². The number of aromatic hydroxyl groups is 1. The molecule has 160 valence electrons. The minimum Gasteiger partial charge on any atom is -0.507 e. The van der Waals surface area contributed by atoms with Gasteiger partial charge < -0.3 is 19.9 Å². The molecule has 5 rings (SSSR count). The van der Waals surface area contributed by atoms with E-state index in [1.54, 1.807) is 12.1 Å². The Labute approximate surface area is 185 Å². The number of phenolic OH excluding ortho intramolecular Hbond substituents is 1. The lowest BCUT2D eigenvalue weighted by atomic mass is 10.0. The molecular weight excluding hydrogens is 402 g/mol. The molecule has 4 heterocycles. The highest BCUT2D eigenvalue weighted by molar-refractivity contribution is 5.99. The zero-order valence-corrected chi connectivity index (χ0v) is 17.7. The van der Waals surface area contributed by atoms with Crippen molar-refractivity contribution in [2.45, 2.75) is 18.9 Å². The number of pyridine rings is 1. The number of hydrogen-bond donors (Lipinski definition) is 2. The van der Waals surface area contributed by atoms with Crippen molar-refractivity contribution < 1.29 is 5.11 Å². The summed E-state index contributed by atoms with van der Waals surface area (Å²) >= 11 is 0. The predicted octanol–water partition coefficient (Wildman–Crippen LogP) is 3.69. The minimum absolute atomic E-state index is 0.0180. The Kier molecular flexibility index (Phi) is 5.07. The molecule has 0 spiro atoms. The maximum atomic E-state index is 10.5. The summed E-state index contributed by atoms with van der Waals surface area (Å²) < 4.78 is 2.01. The number of nitrogens with one attached hydrogen (secondary N) is 1. The fourth-order valence-electron chi connectivity index (χ4n) is 4.39. The zero-order chi connectivity index (χ0) is 22.1. The first-order valence-electron chi connectivity index (χ1n) is 10.6. The van der Waals surface area contributed by atoms with Gasteiger partial charge in [-0.3, -0.25) is 4.98 Å². The molecule has 1 aliphatic rings. The van der Waals surface area contributed by atoms with E-state index < -0.39 is 0 Å². The lowest BCUT2D eigenvalue weighted by Crippen LogP contribution is -2.42. The van der Waals surface area contributed by atoms with Gasteiger partial charge in [0.25, 0.3) is 0 Å². The summed E-state index contributed by atoms with van der Waals surface area (Å²) in [7, 11) is 1.97. The van der Waals surface area contributed by atoms with E-state index in [4.69, 9.17) is 5.26 Å². The molecule has 0 radical (unpaired) electrons. The van der Waals surface area contributed by atoms with Crippen LogP contribution < -0.4 is 10.2 Å². The molecule has 8 heteroatoms. The van der Waals surface area contributed by atoms with Crippen molar-refractivity contribution in [3.05, 3.63) is 60.6 Å². The van der Waals surface area contributed by atoms with Gasteiger partial charge in [0.1, 0.15) is 11.4 Å². The van der Waals surface area contributed by atoms with Crippen LogP contribution in [0.15, 0.2) is 55.0 Å². The highest BCUT2D eigenvalue weighted by Crippen LogP contribution is 2.35. The summed E-state index contributed by atoms with van der Waals surface area (Å²) in [4.78, 5) is 6.48. The quantitative estimate of drug-likeness (QED) is 0.514. The van der Waals surface area contributed by atoms with Crippen LogP contribution in [0.25, 0.3) is 22.2 Å². The van der Waals surface area contributed by atoms with Gasteiger partial charge in [0.05, 0.1) is 17.1 Å². The van der Waals surface area contributed by atoms with Crippen molar-refractivity contribution in [1.82, 2.24) is 19.7 Å². The summed E-state index contributed by atoms with van der Waals surface area (Å²) in [5.41, 5.74) is 3.65. The van der Waals surface area contributed by atoms with Crippen LogP contribution in [-0.2, 0) is 7.05 Å². The molecule has 3 aromatic heterocycles. The van der Waals surface area contributed by atoms with Gasteiger partial charge in [-0.15, -0.1) is 10.2 Å². The molecule has 0 unspecified atom stereocenters. The molecule has 1 saturated heterocycles. The van der Waals surface area contributed by atoms with Gasteiger partial charge in [-0.05, 0) is 49.2 Å². The van der Waals surface area contributed by atoms with Crippen LogP contribution in [-0.4, -0.2) is 44.0 Å². The number of nitriles is 1. The van der Waals surface area contributed by atoms with Gasteiger partial charge in [-0.25, -0.2) is 0 Å². The number of nitrogens with zero attached hydrogens (tertiary/aromatic N) is 6. The Bertz CT molecular complexity index is 1310. The van der Waals surface area contributed by atoms with Crippen molar-refractivity contribution in [3.63, 3.8) is 0 Å². The summed E-state index contributed by atoms with van der Waals surface area (Å²) in [6, 6.07) is 13.2. The number of hydrogen-bond acceptors (Lipinski definition) is 7. The molecule has 8 nitrogen and oxygen atoms in total. The number of phenols is 1. The third-order valence-electron chi connectivity index (χ3n) is 5.97. The standard InChI is InChI=1S/C24H23N7O/c1-30-12-8-20-22(19-5-4-16(14-25)13-21(19)32)28-29-24(23(20)30)27-17-3-2-11-31(15-17)18-6-9-26-10-7-18/h4-10,12-13,17,32H,2-3,11,15H2,1H3,(H,27,29)/t17-/m1/s1. The Hall–Kier alpha value is -4.12. The first-order valence-corrected chi connectivity index (χ1v) is 10.6. The molecule has 0 aliphatic carbocycles. The normalized spacial score (nSPS) is 16.1. The molecule has 0 bridgehead atoms. The van der Waals surface area contributed by atoms with Gasteiger partial charge in [0.2, 0.25) is 0 Å². The molecule has 2 N–H and O–H groups in total. The number of anilines is 2. The average Bonchev–Trinajstić information content (AvgIpc) is 3.22. The van der Waals surface area contributed by atoms with Crippen LogP contribution >= 0.6 is 0 Å². The molecule has 1 aromatic carbocycles. The number of piperidine rings is 1. The SMILES string of the molecule is Cn1ccc2c(-c3ccc(C#N)cc3O)nnc(N[C@@H]3CCCN(c4ccncc4)C3)c21. The first kappa shape index (κ1) is 19.8. The molecule has 4 aromatic rings. The third-order valence-corrected chi connectivity index (χ3v) is 5.97. The number of aromatic nitrogens is 4. The summed E-state index contributed by atoms with van der Waals surface area (Å²) in [6.45, 7) is 1.89. The Morgan fingerprint density at radius 3 is 2.78 bits per heavy atom. The van der Waals surface area contributed by atoms with Gasteiger partial charge in [-0.2, -0.15) is 5.26 Å². The number of fused-ring (bicyclic) bond motifs is 1. The molecule has 0 amide bonds. The number of benzene rings is 1. The molecule has 1 atom stereocenters. The van der Waals surface area contributed by atoms with Crippen LogP contribution in [0.2, 0.25) is 0 Å². The van der Waals surface area contributed by atoms with E-state index in [0.29, 0.717) is 16.8 Å². The molecular formula is C24H23N7O. The van der Waals surface area contributed by atoms with E-state index in [1.165, 1.54) is 11.8 Å². The highest BCUT2D eigenvalue weighted by Gasteiger charge is 2.23. The maximum absolute atomic E-state index is 10.5. The fourth-order valence-corrected chi connectivity index (χ4v) is 4.39. The van der Waals surface area contributed by atoms with E-state index in [-0.39, 0.29) is 11.8 Å². The topological polar surface area (TPSA) is 103 Å². The van der Waals surface area contributed by atoms with E-state index >= 15 is 0 Å². The van der Waals surface area contributed by atoms with Crippen molar-refractivity contribution in [2.24, 2.45) is 7.05 Å². The van der Waals surface area contributed by atoms with Crippen LogP contribution in [0, 0.1) is 11.3 Å². The Morgan fingerprint density at radius 1 is 1.16 bits per heavy atom. The summed E-state index contributed by atoms with van der Waals surface area (Å²) in [5.74, 6) is 0.746. The highest BCUT2D eigenvalue weighted by atomic mass is 16.3. The van der Waals surface area contributed by atoms with Crippen LogP contribution in [0.5, 0.6) is 5.75 Å². The second kappa shape index (κ2) is 8.19. The van der Waals surface area contributed by atoms with E-state index in [0.717, 1.165) is 42.7 Å². The number of aryl methyl sites for hydroxylation is 1. The predicted molar refractivity (Wildman–Crippen MR) is 123 cm³/mol. The van der Waals surface area contributed by atoms with Gasteiger partial charge in [0.15, 0.2) is 5.82 Å². The van der Waals surface area contributed by atoms with Crippen molar-refractivity contribution in [3.8, 4) is 23.1 Å². The van der Waals surface area contributed by atoms with Crippen molar-refractivity contribution in [2.75, 3.05) is 23.3 Å². The third kappa shape index (κ3) is 3.58. The van der Waals surface area contributed by atoms with E-state index in [9.17, 15) is 5.11 Å². The van der Waals surface area contributed by atoms with Crippen molar-refractivity contribution >= 4 is 22.4 Å². The molecule has 32 heavy (non-hydrogen) atoms. The van der Waals surface area contributed by atoms with E-state index in [1.807, 2.05) is 54.5 Å². The van der Waals surface area contributed by atoms with Crippen LogP contribution in [0.4, 0.5) is 11.5 Å². The monoisotopic (exact) mass is 425 g/mol. The summed E-state index contributed by atoms with van der Waals surface area (Å²) in [6.07, 6.45) is 7.74. The Balaban J connectivity index is 1.47.